The molecule has 0 saturated heterocycles. The molecule has 0 aromatic heterocycles. The van der Waals surface area contributed by atoms with Gasteiger partial charge in [-0.3, -0.25) is 4.79 Å². The highest BCUT2D eigenvalue weighted by molar-refractivity contribution is 6.10. The van der Waals surface area contributed by atoms with Gasteiger partial charge < -0.3 is 4.90 Å². The summed E-state index contributed by atoms with van der Waals surface area (Å²) in [5.41, 5.74) is 7.40. The first-order valence-corrected chi connectivity index (χ1v) is 9.95. The molecule has 0 amide bonds. The molecular weight excluding hydrogens is 354 g/mol. The fourth-order valence-electron chi connectivity index (χ4n) is 4.18. The minimum Gasteiger partial charge on any atom is -0.323 e. The lowest BCUT2D eigenvalue weighted by molar-refractivity contribution is 0.102. The quantitative estimate of drug-likeness (QED) is 0.483. The number of carbonyl (C=O) groups excluding carboxylic acids is 1. The van der Waals surface area contributed by atoms with E-state index in [0.29, 0.717) is 5.56 Å². The van der Waals surface area contributed by atoms with Crippen molar-refractivity contribution in [2.45, 2.75) is 26.7 Å². The fraction of sp³-hybridized carbons (Fsp3) is 0.148. The van der Waals surface area contributed by atoms with Gasteiger partial charge in [0.25, 0.3) is 0 Å². The summed E-state index contributed by atoms with van der Waals surface area (Å²) in [7, 11) is 0. The zero-order chi connectivity index (χ0) is 20.4. The third kappa shape index (κ3) is 3.79. The van der Waals surface area contributed by atoms with E-state index in [1.807, 2.05) is 54.7 Å². The lowest BCUT2D eigenvalue weighted by Crippen LogP contribution is -2.22. The zero-order valence-electron chi connectivity index (χ0n) is 17.1. The maximum Gasteiger partial charge on any atom is 0.191 e. The van der Waals surface area contributed by atoms with Crippen molar-refractivity contribution in [3.05, 3.63) is 125 Å². The van der Waals surface area contributed by atoms with E-state index in [2.05, 4.69) is 62.2 Å². The van der Waals surface area contributed by atoms with Crippen molar-refractivity contribution in [2.24, 2.45) is 0 Å². The smallest absolute Gasteiger partial charge is 0.191 e. The highest BCUT2D eigenvalue weighted by Crippen LogP contribution is 2.36. The minimum absolute atomic E-state index is 0.0637. The van der Waals surface area contributed by atoms with Crippen LogP contribution in [-0.2, 0) is 0 Å². The fourth-order valence-corrected chi connectivity index (χ4v) is 4.18. The molecule has 4 rings (SSSR count). The molecular formula is C27H25NO. The van der Waals surface area contributed by atoms with E-state index in [1.165, 1.54) is 16.7 Å². The number of carbonyl (C=O) groups is 1. The number of benzene rings is 3. The Morgan fingerprint density at radius 3 is 2.03 bits per heavy atom. The number of hydrogen-bond acceptors (Lipinski definition) is 2. The molecule has 0 saturated carbocycles. The summed E-state index contributed by atoms with van der Waals surface area (Å²) in [6.07, 6.45) is 6.23. The van der Waals surface area contributed by atoms with Crippen LogP contribution in [0.3, 0.4) is 0 Å². The first kappa shape index (κ1) is 18.9. The lowest BCUT2D eigenvalue weighted by Gasteiger charge is -2.29. The van der Waals surface area contributed by atoms with Crippen LogP contribution >= 0.6 is 0 Å². The van der Waals surface area contributed by atoms with Crippen molar-refractivity contribution < 1.29 is 4.79 Å². The van der Waals surface area contributed by atoms with Crippen molar-refractivity contribution in [3.63, 3.8) is 0 Å². The Balaban J connectivity index is 1.82. The van der Waals surface area contributed by atoms with Gasteiger partial charge in [0.15, 0.2) is 5.78 Å². The van der Waals surface area contributed by atoms with E-state index < -0.39 is 0 Å². The van der Waals surface area contributed by atoms with E-state index in [0.717, 1.165) is 16.8 Å². The number of ketones is 1. The Bertz CT molecular complexity index is 1070. The first-order chi connectivity index (χ1) is 14.0. The van der Waals surface area contributed by atoms with Gasteiger partial charge in [0.2, 0.25) is 0 Å². The van der Waals surface area contributed by atoms with E-state index in [-0.39, 0.29) is 11.7 Å². The van der Waals surface area contributed by atoms with Crippen molar-refractivity contribution in [1.82, 2.24) is 0 Å². The van der Waals surface area contributed by atoms with Crippen LogP contribution in [0, 0.1) is 20.8 Å². The number of nitrogens with zero attached hydrogens (tertiary/aromatic N) is 1. The zero-order valence-corrected chi connectivity index (χ0v) is 17.1. The molecule has 0 radical (unpaired) electrons. The maximum atomic E-state index is 13.5. The molecule has 1 aliphatic rings. The molecule has 29 heavy (non-hydrogen) atoms. The van der Waals surface area contributed by atoms with Gasteiger partial charge in [-0.05, 0) is 37.5 Å². The molecule has 144 valence electrons. The Morgan fingerprint density at radius 1 is 0.828 bits per heavy atom. The summed E-state index contributed by atoms with van der Waals surface area (Å²) in [6, 6.07) is 24.1. The third-order valence-corrected chi connectivity index (χ3v) is 5.40. The number of anilines is 1. The normalized spacial score (nSPS) is 15.9. The van der Waals surface area contributed by atoms with E-state index in [1.54, 1.807) is 0 Å². The van der Waals surface area contributed by atoms with E-state index in [9.17, 15) is 4.79 Å². The van der Waals surface area contributed by atoms with Crippen LogP contribution < -0.4 is 4.90 Å². The lowest BCUT2D eigenvalue weighted by atomic mass is 9.85. The predicted octanol–water partition coefficient (Wildman–Crippen LogP) is 6.50. The number of allylic oxidation sites excluding steroid dienone is 2. The number of Topliss-reactive ketones (excluding diaryl/α,β-unsaturated/α-hetero) is 1. The Kier molecular flexibility index (Phi) is 5.18. The maximum absolute atomic E-state index is 13.5. The molecule has 1 heterocycles. The van der Waals surface area contributed by atoms with Crippen molar-refractivity contribution in [3.8, 4) is 0 Å². The van der Waals surface area contributed by atoms with Crippen molar-refractivity contribution in [1.29, 1.82) is 0 Å². The molecule has 0 fully saturated rings. The van der Waals surface area contributed by atoms with E-state index in [4.69, 9.17) is 0 Å². The number of hydrogen-bond donors (Lipinski definition) is 0. The summed E-state index contributed by atoms with van der Waals surface area (Å²) in [5.74, 6) is 0.00226. The Morgan fingerprint density at radius 2 is 1.41 bits per heavy atom. The van der Waals surface area contributed by atoms with Gasteiger partial charge in [0.1, 0.15) is 0 Å². The predicted molar refractivity (Wildman–Crippen MR) is 120 cm³/mol. The van der Waals surface area contributed by atoms with Gasteiger partial charge in [0.05, 0.1) is 5.69 Å². The molecule has 2 heteroatoms. The second-order valence-corrected chi connectivity index (χ2v) is 7.66. The molecule has 3 aromatic rings. The van der Waals surface area contributed by atoms with Crippen LogP contribution in [0.1, 0.15) is 38.5 Å². The highest BCUT2D eigenvalue weighted by Gasteiger charge is 2.26. The molecule has 3 aromatic carbocycles. The second kappa shape index (κ2) is 7.92. The van der Waals surface area contributed by atoms with Crippen LogP contribution in [0.5, 0.6) is 0 Å². The average molecular weight is 380 g/mol. The van der Waals surface area contributed by atoms with Gasteiger partial charge >= 0.3 is 0 Å². The van der Waals surface area contributed by atoms with Crippen LogP contribution in [0.2, 0.25) is 0 Å². The van der Waals surface area contributed by atoms with Gasteiger partial charge in [-0.1, -0.05) is 84.4 Å². The van der Waals surface area contributed by atoms with Gasteiger partial charge in [-0.25, -0.2) is 0 Å². The molecule has 0 N–H and O–H groups in total. The Labute approximate surface area is 172 Å². The summed E-state index contributed by atoms with van der Waals surface area (Å²) in [5, 5.41) is 0. The minimum atomic E-state index is -0.0637. The van der Waals surface area contributed by atoms with E-state index >= 15 is 0 Å². The molecule has 0 bridgehead atoms. The Hall–Kier alpha value is -3.39. The first-order valence-electron chi connectivity index (χ1n) is 9.95. The van der Waals surface area contributed by atoms with Crippen LogP contribution in [0.4, 0.5) is 5.69 Å². The third-order valence-electron chi connectivity index (χ3n) is 5.40. The highest BCUT2D eigenvalue weighted by atomic mass is 16.1. The van der Waals surface area contributed by atoms with Crippen LogP contribution in [0.15, 0.2) is 96.8 Å². The average Bonchev–Trinajstić information content (AvgIpc) is 2.74. The molecule has 1 unspecified atom stereocenters. The van der Waals surface area contributed by atoms with Crippen LogP contribution in [-0.4, -0.2) is 5.78 Å². The molecule has 1 aliphatic heterocycles. The topological polar surface area (TPSA) is 20.3 Å². The number of rotatable bonds is 4. The van der Waals surface area contributed by atoms with Gasteiger partial charge in [0, 0.05) is 29.5 Å². The summed E-state index contributed by atoms with van der Waals surface area (Å²) < 4.78 is 0. The molecule has 1 atom stereocenters. The van der Waals surface area contributed by atoms with Crippen molar-refractivity contribution >= 4 is 11.5 Å². The SMILES string of the molecule is Cc1cc(C)c(N2C=CC(c3ccccc3)C(C(=O)c3ccccc3)=C2)c(C)c1. The largest absolute Gasteiger partial charge is 0.323 e. The monoisotopic (exact) mass is 379 g/mol. The molecule has 2 nitrogen and oxygen atoms in total. The van der Waals surface area contributed by atoms with Gasteiger partial charge in [-0.15, -0.1) is 0 Å². The summed E-state index contributed by atoms with van der Waals surface area (Å²) in [4.78, 5) is 15.6. The van der Waals surface area contributed by atoms with Crippen LogP contribution in [0.25, 0.3) is 0 Å². The molecule has 0 aliphatic carbocycles. The second-order valence-electron chi connectivity index (χ2n) is 7.66. The summed E-state index contributed by atoms with van der Waals surface area (Å²) in [6.45, 7) is 6.36. The summed E-state index contributed by atoms with van der Waals surface area (Å²) >= 11 is 0. The van der Waals surface area contributed by atoms with Gasteiger partial charge in [-0.2, -0.15) is 0 Å². The molecule has 0 spiro atoms. The number of aryl methyl sites for hydroxylation is 3. The standard InChI is InChI=1S/C27H25NO/c1-19-16-20(2)26(21(3)17-19)28-15-14-24(22-10-6-4-7-11-22)25(18-28)27(29)23-12-8-5-9-13-23/h4-18,24H,1-3H3. The van der Waals surface area contributed by atoms with Crippen molar-refractivity contribution in [2.75, 3.05) is 4.90 Å².